The van der Waals surface area contributed by atoms with E-state index in [9.17, 15) is 4.79 Å². The number of aromatic nitrogens is 1. The summed E-state index contributed by atoms with van der Waals surface area (Å²) in [5.74, 6) is 2.49. The lowest BCUT2D eigenvalue weighted by atomic mass is 9.96. The van der Waals surface area contributed by atoms with Crippen LogP contribution in [0.5, 0.6) is 0 Å². The van der Waals surface area contributed by atoms with E-state index in [1.54, 1.807) is 0 Å². The molecule has 0 fully saturated rings. The number of terminal acetylenes is 1. The van der Waals surface area contributed by atoms with E-state index < -0.39 is 0 Å². The van der Waals surface area contributed by atoms with Crippen LogP contribution in [-0.2, 0) is 6.42 Å². The number of para-hydroxylation sites is 1. The van der Waals surface area contributed by atoms with Crippen LogP contribution >= 0.6 is 0 Å². The molecular weight excluding hydrogens is 356 g/mol. The average Bonchev–Trinajstić information content (AvgIpc) is 3.15. The summed E-state index contributed by atoms with van der Waals surface area (Å²) in [6.07, 6.45) is 5.95. The van der Waals surface area contributed by atoms with Crippen LogP contribution in [0.25, 0.3) is 22.4 Å². The second kappa shape index (κ2) is 8.33. The predicted octanol–water partition coefficient (Wildman–Crippen LogP) is 5.78. The van der Waals surface area contributed by atoms with Gasteiger partial charge in [0.15, 0.2) is 0 Å². The topological polar surface area (TPSA) is 44.9 Å². The van der Waals surface area contributed by atoms with Gasteiger partial charge in [0, 0.05) is 23.4 Å². The third-order valence-electron chi connectivity index (χ3n) is 4.74. The van der Waals surface area contributed by atoms with E-state index in [1.807, 2.05) is 91.0 Å². The van der Waals surface area contributed by atoms with Crippen LogP contribution in [0.15, 0.2) is 91.0 Å². The first-order chi connectivity index (χ1) is 14.3. The van der Waals surface area contributed by atoms with E-state index in [-0.39, 0.29) is 5.91 Å². The summed E-state index contributed by atoms with van der Waals surface area (Å²) in [5, 5.41) is 3.00. The molecule has 4 aromatic rings. The normalized spacial score (nSPS) is 10.3. The number of nitrogens with one attached hydrogen (secondary N) is 2. The zero-order valence-electron chi connectivity index (χ0n) is 15.9. The third kappa shape index (κ3) is 3.83. The maximum absolute atomic E-state index is 13.3. The first-order valence-electron chi connectivity index (χ1n) is 9.43. The Kier molecular flexibility index (Phi) is 5.27. The van der Waals surface area contributed by atoms with Crippen molar-refractivity contribution in [3.05, 3.63) is 102 Å². The molecule has 0 aliphatic carbocycles. The molecule has 3 heteroatoms. The minimum absolute atomic E-state index is 0.182. The Balaban J connectivity index is 1.91. The highest BCUT2D eigenvalue weighted by molar-refractivity contribution is 6.12. The van der Waals surface area contributed by atoms with Crippen LogP contribution in [0.4, 0.5) is 5.69 Å². The third-order valence-corrected chi connectivity index (χ3v) is 4.74. The first kappa shape index (κ1) is 18.3. The quantitative estimate of drug-likeness (QED) is 0.426. The van der Waals surface area contributed by atoms with Crippen molar-refractivity contribution in [1.82, 2.24) is 4.98 Å². The Hall–Kier alpha value is -4.03. The van der Waals surface area contributed by atoms with Crippen molar-refractivity contribution in [2.75, 3.05) is 5.32 Å². The minimum Gasteiger partial charge on any atom is -0.356 e. The van der Waals surface area contributed by atoms with Gasteiger partial charge >= 0.3 is 0 Å². The molecular formula is C26H20N2O. The molecule has 0 radical (unpaired) electrons. The Morgan fingerprint density at radius 3 is 1.97 bits per heavy atom. The Bertz CT molecular complexity index is 1150. The molecule has 3 nitrogen and oxygen atoms in total. The van der Waals surface area contributed by atoms with Gasteiger partial charge in [0.1, 0.15) is 0 Å². The van der Waals surface area contributed by atoms with Crippen molar-refractivity contribution in [2.45, 2.75) is 6.42 Å². The SMILES string of the molecule is C#CCc1[nH]c(-c2ccccc2)c(-c2ccccc2)c1C(=O)Nc1ccccc1. The number of anilines is 1. The molecule has 1 heterocycles. The Morgan fingerprint density at radius 1 is 0.828 bits per heavy atom. The lowest BCUT2D eigenvalue weighted by Crippen LogP contribution is -2.14. The molecule has 0 atom stereocenters. The van der Waals surface area contributed by atoms with Crippen molar-refractivity contribution in [2.24, 2.45) is 0 Å². The van der Waals surface area contributed by atoms with Gasteiger partial charge in [-0.2, -0.15) is 0 Å². The van der Waals surface area contributed by atoms with E-state index in [4.69, 9.17) is 6.42 Å². The number of rotatable bonds is 5. The summed E-state index contributed by atoms with van der Waals surface area (Å²) < 4.78 is 0. The van der Waals surface area contributed by atoms with Crippen LogP contribution in [0.2, 0.25) is 0 Å². The number of hydrogen-bond donors (Lipinski definition) is 2. The maximum atomic E-state index is 13.3. The zero-order valence-corrected chi connectivity index (χ0v) is 15.9. The van der Waals surface area contributed by atoms with E-state index in [2.05, 4.69) is 16.2 Å². The summed E-state index contributed by atoms with van der Waals surface area (Å²) in [7, 11) is 0. The number of benzene rings is 3. The monoisotopic (exact) mass is 376 g/mol. The molecule has 0 saturated heterocycles. The molecule has 2 N–H and O–H groups in total. The number of carbonyl (C=O) groups is 1. The highest BCUT2D eigenvalue weighted by Gasteiger charge is 2.24. The molecule has 0 saturated carbocycles. The highest BCUT2D eigenvalue weighted by atomic mass is 16.1. The molecule has 0 aliphatic rings. The largest absolute Gasteiger partial charge is 0.356 e. The van der Waals surface area contributed by atoms with Crippen LogP contribution in [0.1, 0.15) is 16.1 Å². The van der Waals surface area contributed by atoms with Gasteiger partial charge in [-0.05, 0) is 23.3 Å². The number of carbonyl (C=O) groups excluding carboxylic acids is 1. The summed E-state index contributed by atoms with van der Waals surface area (Å²) in [6.45, 7) is 0. The van der Waals surface area contributed by atoms with Crippen LogP contribution in [-0.4, -0.2) is 10.9 Å². The lowest BCUT2D eigenvalue weighted by Gasteiger charge is -2.10. The molecule has 3 aromatic carbocycles. The van der Waals surface area contributed by atoms with Crippen LogP contribution in [0, 0.1) is 12.3 Å². The highest BCUT2D eigenvalue weighted by Crippen LogP contribution is 2.37. The maximum Gasteiger partial charge on any atom is 0.258 e. The zero-order chi connectivity index (χ0) is 20.1. The van der Waals surface area contributed by atoms with E-state index in [0.717, 1.165) is 33.8 Å². The van der Waals surface area contributed by atoms with E-state index >= 15 is 0 Å². The van der Waals surface area contributed by atoms with Gasteiger partial charge in [-0.25, -0.2) is 0 Å². The first-order valence-corrected chi connectivity index (χ1v) is 9.43. The summed E-state index contributed by atoms with van der Waals surface area (Å²) in [4.78, 5) is 16.8. The van der Waals surface area contributed by atoms with Gasteiger partial charge in [0.25, 0.3) is 5.91 Å². The number of aromatic amines is 1. The Labute approximate surface area is 170 Å². The van der Waals surface area contributed by atoms with E-state index in [0.29, 0.717) is 12.0 Å². The second-order valence-electron chi connectivity index (χ2n) is 6.66. The van der Waals surface area contributed by atoms with Crippen molar-refractivity contribution < 1.29 is 4.79 Å². The fourth-order valence-electron chi connectivity index (χ4n) is 3.47. The average molecular weight is 376 g/mol. The van der Waals surface area contributed by atoms with Crippen molar-refractivity contribution >= 4 is 11.6 Å². The van der Waals surface area contributed by atoms with Crippen molar-refractivity contribution in [3.8, 4) is 34.7 Å². The van der Waals surface area contributed by atoms with Gasteiger partial charge in [-0.3, -0.25) is 4.79 Å². The summed E-state index contributed by atoms with van der Waals surface area (Å²) in [6, 6.07) is 29.3. The fourth-order valence-corrected chi connectivity index (χ4v) is 3.47. The fraction of sp³-hybridized carbons (Fsp3) is 0.0385. The number of H-pyrrole nitrogens is 1. The molecule has 0 aliphatic heterocycles. The minimum atomic E-state index is -0.182. The molecule has 1 amide bonds. The summed E-state index contributed by atoms with van der Waals surface area (Å²) in [5.41, 5.74) is 5.77. The molecule has 4 rings (SSSR count). The number of hydrogen-bond acceptors (Lipinski definition) is 1. The molecule has 1 aromatic heterocycles. The molecule has 140 valence electrons. The second-order valence-corrected chi connectivity index (χ2v) is 6.66. The summed E-state index contributed by atoms with van der Waals surface area (Å²) >= 11 is 0. The molecule has 0 spiro atoms. The Morgan fingerprint density at radius 2 is 1.38 bits per heavy atom. The number of amides is 1. The van der Waals surface area contributed by atoms with Crippen molar-refractivity contribution in [3.63, 3.8) is 0 Å². The van der Waals surface area contributed by atoms with E-state index in [1.165, 1.54) is 0 Å². The molecule has 29 heavy (non-hydrogen) atoms. The van der Waals surface area contributed by atoms with Gasteiger partial charge in [-0.15, -0.1) is 12.3 Å². The van der Waals surface area contributed by atoms with Crippen molar-refractivity contribution in [1.29, 1.82) is 0 Å². The van der Waals surface area contributed by atoms with Gasteiger partial charge < -0.3 is 10.3 Å². The standard InChI is InChI=1S/C26H20N2O/c1-2-12-22-24(26(29)27-21-17-10-5-11-18-21)23(19-13-6-3-7-14-19)25(28-22)20-15-8-4-9-16-20/h1,3-11,13-18,28H,12H2,(H,27,29). The van der Waals surface area contributed by atoms with Gasteiger partial charge in [-0.1, -0.05) is 78.9 Å². The smallest absolute Gasteiger partial charge is 0.258 e. The van der Waals surface area contributed by atoms with Crippen LogP contribution < -0.4 is 5.32 Å². The van der Waals surface area contributed by atoms with Gasteiger partial charge in [0.2, 0.25) is 0 Å². The molecule has 0 unspecified atom stereocenters. The van der Waals surface area contributed by atoms with Crippen LogP contribution in [0.3, 0.4) is 0 Å². The lowest BCUT2D eigenvalue weighted by molar-refractivity contribution is 0.102. The molecule has 0 bridgehead atoms. The van der Waals surface area contributed by atoms with Gasteiger partial charge in [0.05, 0.1) is 11.3 Å². The predicted molar refractivity (Wildman–Crippen MR) is 119 cm³/mol.